The predicted molar refractivity (Wildman–Crippen MR) is 77.6 cm³/mol. The SMILES string of the molecule is Cc1ccc(Cc2noc(C3CCCC3N)n2)cc1C. The lowest BCUT2D eigenvalue weighted by atomic mass is 10.0. The molecule has 2 N–H and O–H groups in total. The maximum atomic E-state index is 6.08. The largest absolute Gasteiger partial charge is 0.339 e. The first-order chi connectivity index (χ1) is 9.63. The molecule has 0 saturated heterocycles. The number of nitrogens with two attached hydrogens (primary N) is 1. The van der Waals surface area contributed by atoms with E-state index in [4.69, 9.17) is 10.3 Å². The average molecular weight is 271 g/mol. The van der Waals surface area contributed by atoms with Crippen LogP contribution in [0.15, 0.2) is 22.7 Å². The molecule has 0 bridgehead atoms. The third-order valence-electron chi connectivity index (χ3n) is 4.30. The Balaban J connectivity index is 1.75. The first-order valence-corrected chi connectivity index (χ1v) is 7.27. The number of aryl methyl sites for hydroxylation is 2. The third-order valence-corrected chi connectivity index (χ3v) is 4.30. The third kappa shape index (κ3) is 2.61. The van der Waals surface area contributed by atoms with Crippen LogP contribution in [-0.4, -0.2) is 16.2 Å². The molecule has 1 saturated carbocycles. The minimum Gasteiger partial charge on any atom is -0.339 e. The molecule has 1 aliphatic carbocycles. The van der Waals surface area contributed by atoms with Crippen LogP contribution >= 0.6 is 0 Å². The van der Waals surface area contributed by atoms with Gasteiger partial charge in [-0.2, -0.15) is 4.98 Å². The Morgan fingerprint density at radius 3 is 2.80 bits per heavy atom. The van der Waals surface area contributed by atoms with Crippen molar-refractivity contribution < 1.29 is 4.52 Å². The van der Waals surface area contributed by atoms with Crippen LogP contribution in [0.4, 0.5) is 0 Å². The van der Waals surface area contributed by atoms with Gasteiger partial charge in [-0.3, -0.25) is 0 Å². The van der Waals surface area contributed by atoms with Crippen LogP contribution in [0.25, 0.3) is 0 Å². The van der Waals surface area contributed by atoms with E-state index in [-0.39, 0.29) is 12.0 Å². The van der Waals surface area contributed by atoms with Gasteiger partial charge in [0.2, 0.25) is 5.89 Å². The van der Waals surface area contributed by atoms with Gasteiger partial charge < -0.3 is 10.3 Å². The van der Waals surface area contributed by atoms with Gasteiger partial charge in [0.1, 0.15) is 0 Å². The Hall–Kier alpha value is -1.68. The maximum Gasteiger partial charge on any atom is 0.231 e. The van der Waals surface area contributed by atoms with Gasteiger partial charge in [0.15, 0.2) is 5.82 Å². The quantitative estimate of drug-likeness (QED) is 0.932. The number of rotatable bonds is 3. The summed E-state index contributed by atoms with van der Waals surface area (Å²) in [5, 5.41) is 4.10. The minimum atomic E-state index is 0.171. The molecule has 4 heteroatoms. The van der Waals surface area contributed by atoms with Crippen molar-refractivity contribution in [2.75, 3.05) is 0 Å². The Morgan fingerprint density at radius 2 is 2.10 bits per heavy atom. The molecule has 1 heterocycles. The second-order valence-corrected chi connectivity index (χ2v) is 5.85. The normalized spacial score (nSPS) is 22.4. The van der Waals surface area contributed by atoms with Crippen molar-refractivity contribution in [2.24, 2.45) is 5.73 Å². The Labute approximate surface area is 119 Å². The molecule has 1 aromatic carbocycles. The smallest absolute Gasteiger partial charge is 0.231 e. The molecule has 4 nitrogen and oxygen atoms in total. The zero-order valence-electron chi connectivity index (χ0n) is 12.1. The fraction of sp³-hybridized carbons (Fsp3) is 0.500. The van der Waals surface area contributed by atoms with Crippen LogP contribution in [0.1, 0.15) is 53.6 Å². The number of hydrogen-bond acceptors (Lipinski definition) is 4. The van der Waals surface area contributed by atoms with Crippen molar-refractivity contribution in [1.82, 2.24) is 10.1 Å². The zero-order valence-corrected chi connectivity index (χ0v) is 12.1. The van der Waals surface area contributed by atoms with Crippen molar-refractivity contribution in [3.8, 4) is 0 Å². The molecular weight excluding hydrogens is 250 g/mol. The van der Waals surface area contributed by atoms with E-state index in [9.17, 15) is 0 Å². The highest BCUT2D eigenvalue weighted by Gasteiger charge is 2.30. The van der Waals surface area contributed by atoms with Gasteiger partial charge in [0.25, 0.3) is 0 Å². The van der Waals surface area contributed by atoms with Crippen molar-refractivity contribution >= 4 is 0 Å². The van der Waals surface area contributed by atoms with Gasteiger partial charge in [-0.15, -0.1) is 0 Å². The second-order valence-electron chi connectivity index (χ2n) is 5.85. The topological polar surface area (TPSA) is 64.9 Å². The summed E-state index contributed by atoms with van der Waals surface area (Å²) in [6.07, 6.45) is 3.99. The second kappa shape index (κ2) is 5.37. The molecule has 2 aromatic rings. The minimum absolute atomic E-state index is 0.171. The van der Waals surface area contributed by atoms with Gasteiger partial charge in [0, 0.05) is 12.5 Å². The molecule has 0 aliphatic heterocycles. The highest BCUT2D eigenvalue weighted by atomic mass is 16.5. The van der Waals surface area contributed by atoms with E-state index in [2.05, 4.69) is 42.2 Å². The van der Waals surface area contributed by atoms with E-state index < -0.39 is 0 Å². The molecule has 2 atom stereocenters. The van der Waals surface area contributed by atoms with Gasteiger partial charge >= 0.3 is 0 Å². The first-order valence-electron chi connectivity index (χ1n) is 7.27. The average Bonchev–Trinajstić information content (AvgIpc) is 3.03. The van der Waals surface area contributed by atoms with Crippen molar-refractivity contribution in [1.29, 1.82) is 0 Å². The Morgan fingerprint density at radius 1 is 1.25 bits per heavy atom. The standard InChI is InChI=1S/C16H21N3O/c1-10-6-7-12(8-11(10)2)9-15-18-16(20-19-15)13-4-3-5-14(13)17/h6-8,13-14H,3-5,9,17H2,1-2H3. The first kappa shape index (κ1) is 13.3. The highest BCUT2D eigenvalue weighted by Crippen LogP contribution is 2.32. The van der Waals surface area contributed by atoms with Crippen LogP contribution in [0.2, 0.25) is 0 Å². The van der Waals surface area contributed by atoms with Crippen LogP contribution < -0.4 is 5.73 Å². The van der Waals surface area contributed by atoms with Crippen LogP contribution in [0.5, 0.6) is 0 Å². The van der Waals surface area contributed by atoms with Gasteiger partial charge in [-0.05, 0) is 43.4 Å². The van der Waals surface area contributed by atoms with E-state index in [1.165, 1.54) is 16.7 Å². The molecule has 20 heavy (non-hydrogen) atoms. The van der Waals surface area contributed by atoms with E-state index in [0.29, 0.717) is 12.3 Å². The predicted octanol–water partition coefficient (Wildman–Crippen LogP) is 2.87. The molecule has 0 radical (unpaired) electrons. The molecule has 1 aliphatic rings. The number of benzene rings is 1. The lowest BCUT2D eigenvalue weighted by Crippen LogP contribution is -2.22. The summed E-state index contributed by atoms with van der Waals surface area (Å²) in [5.74, 6) is 1.71. The molecule has 0 amide bonds. The fourth-order valence-corrected chi connectivity index (χ4v) is 2.88. The van der Waals surface area contributed by atoms with Gasteiger partial charge in [-0.25, -0.2) is 0 Å². The van der Waals surface area contributed by atoms with Crippen molar-refractivity contribution in [2.45, 2.75) is 51.5 Å². The van der Waals surface area contributed by atoms with Crippen molar-refractivity contribution in [3.63, 3.8) is 0 Å². The van der Waals surface area contributed by atoms with Gasteiger partial charge in [-0.1, -0.05) is 29.8 Å². The maximum absolute atomic E-state index is 6.08. The Kier molecular flexibility index (Phi) is 3.57. The lowest BCUT2D eigenvalue weighted by Gasteiger charge is -2.08. The fourth-order valence-electron chi connectivity index (χ4n) is 2.88. The van der Waals surface area contributed by atoms with E-state index in [1.807, 2.05) is 0 Å². The molecule has 3 rings (SSSR count). The number of nitrogens with zero attached hydrogens (tertiary/aromatic N) is 2. The Bertz CT molecular complexity index is 606. The zero-order chi connectivity index (χ0) is 14.1. The summed E-state index contributed by atoms with van der Waals surface area (Å²) >= 11 is 0. The summed E-state index contributed by atoms with van der Waals surface area (Å²) < 4.78 is 5.40. The highest BCUT2D eigenvalue weighted by molar-refractivity contribution is 5.31. The molecule has 0 spiro atoms. The van der Waals surface area contributed by atoms with Gasteiger partial charge in [0.05, 0.1) is 5.92 Å². The molecule has 1 aromatic heterocycles. The van der Waals surface area contributed by atoms with Crippen LogP contribution in [0, 0.1) is 13.8 Å². The number of hydrogen-bond donors (Lipinski definition) is 1. The molecule has 106 valence electrons. The summed E-state index contributed by atoms with van der Waals surface area (Å²) in [6, 6.07) is 6.62. The van der Waals surface area contributed by atoms with Crippen LogP contribution in [-0.2, 0) is 6.42 Å². The van der Waals surface area contributed by atoms with E-state index >= 15 is 0 Å². The summed E-state index contributed by atoms with van der Waals surface area (Å²) in [4.78, 5) is 4.53. The molecule has 2 unspecified atom stereocenters. The monoisotopic (exact) mass is 271 g/mol. The molecule has 1 fully saturated rings. The summed E-state index contributed by atoms with van der Waals surface area (Å²) in [5.41, 5.74) is 9.90. The van der Waals surface area contributed by atoms with Crippen LogP contribution in [0.3, 0.4) is 0 Å². The summed E-state index contributed by atoms with van der Waals surface area (Å²) in [6.45, 7) is 4.24. The summed E-state index contributed by atoms with van der Waals surface area (Å²) in [7, 11) is 0. The lowest BCUT2D eigenvalue weighted by molar-refractivity contribution is 0.342. The molecular formula is C16H21N3O. The van der Waals surface area contributed by atoms with Crippen molar-refractivity contribution in [3.05, 3.63) is 46.6 Å². The van der Waals surface area contributed by atoms with E-state index in [1.54, 1.807) is 0 Å². The van der Waals surface area contributed by atoms with E-state index in [0.717, 1.165) is 25.1 Å². The number of aromatic nitrogens is 2.